The molecule has 0 bridgehead atoms. The van der Waals surface area contributed by atoms with E-state index >= 15 is 0 Å². The summed E-state index contributed by atoms with van der Waals surface area (Å²) >= 11 is 0. The normalized spacial score (nSPS) is 26.6. The van der Waals surface area contributed by atoms with Crippen LogP contribution in [0.25, 0.3) is 0 Å². The molecule has 2 saturated heterocycles. The van der Waals surface area contributed by atoms with Crippen molar-refractivity contribution in [2.45, 2.75) is 51.9 Å². The quantitative estimate of drug-likeness (QED) is 0.658. The van der Waals surface area contributed by atoms with Crippen LogP contribution in [0.15, 0.2) is 18.2 Å². The van der Waals surface area contributed by atoms with Crippen molar-refractivity contribution in [3.63, 3.8) is 0 Å². The van der Waals surface area contributed by atoms with Gasteiger partial charge in [-0.1, -0.05) is 26.0 Å². The maximum atomic E-state index is 12.7. The summed E-state index contributed by atoms with van der Waals surface area (Å²) in [6.45, 7) is 7.66. The van der Waals surface area contributed by atoms with Crippen molar-refractivity contribution in [1.82, 2.24) is 20.9 Å². The average Bonchev–Trinajstić information content (AvgIpc) is 2.94. The van der Waals surface area contributed by atoms with Gasteiger partial charge in [-0.2, -0.15) is 0 Å². The number of hydrogen-bond donors (Lipinski definition) is 3. The molecule has 3 heterocycles. The molecule has 0 saturated carbocycles. The number of rotatable bonds is 5. The predicted molar refractivity (Wildman–Crippen MR) is 99.8 cm³/mol. The summed E-state index contributed by atoms with van der Waals surface area (Å²) in [4.78, 5) is 37.7. The summed E-state index contributed by atoms with van der Waals surface area (Å²) in [5.74, 6) is -0.762. The fourth-order valence-electron chi connectivity index (χ4n) is 4.10. The monoisotopic (exact) mass is 370 g/mol. The largest absolute Gasteiger partial charge is 0.322 e. The second-order valence-electron chi connectivity index (χ2n) is 8.44. The Balaban J connectivity index is 1.39. The number of carbonyl (C=O) groups excluding carboxylic acids is 3. The van der Waals surface area contributed by atoms with Crippen molar-refractivity contribution in [3.8, 4) is 0 Å². The molecular formula is C20H26N4O3. The summed E-state index contributed by atoms with van der Waals surface area (Å²) in [5.41, 5.74) is 3.07. The Morgan fingerprint density at radius 1 is 1.26 bits per heavy atom. The lowest BCUT2D eigenvalue weighted by atomic mass is 9.77. The highest BCUT2D eigenvalue weighted by Crippen LogP contribution is 2.29. The van der Waals surface area contributed by atoms with E-state index in [1.807, 2.05) is 18.2 Å². The molecule has 1 aromatic rings. The predicted octanol–water partition coefficient (Wildman–Crippen LogP) is 0.535. The summed E-state index contributed by atoms with van der Waals surface area (Å²) < 4.78 is 0. The number of amides is 3. The van der Waals surface area contributed by atoms with Gasteiger partial charge >= 0.3 is 0 Å². The Hall–Kier alpha value is -2.25. The molecule has 2 unspecified atom stereocenters. The van der Waals surface area contributed by atoms with Gasteiger partial charge in [0, 0.05) is 44.2 Å². The van der Waals surface area contributed by atoms with Crippen molar-refractivity contribution >= 4 is 17.7 Å². The van der Waals surface area contributed by atoms with E-state index in [9.17, 15) is 14.4 Å². The van der Waals surface area contributed by atoms with Crippen LogP contribution in [0.2, 0.25) is 0 Å². The molecule has 0 aromatic heterocycles. The Morgan fingerprint density at radius 3 is 2.74 bits per heavy atom. The van der Waals surface area contributed by atoms with Crippen molar-refractivity contribution in [1.29, 1.82) is 0 Å². The molecule has 1 aromatic carbocycles. The van der Waals surface area contributed by atoms with Crippen molar-refractivity contribution in [2.24, 2.45) is 5.41 Å². The number of hydrogen-bond acceptors (Lipinski definition) is 5. The van der Waals surface area contributed by atoms with E-state index in [-0.39, 0.29) is 24.1 Å². The second-order valence-corrected chi connectivity index (χ2v) is 8.44. The second kappa shape index (κ2) is 6.73. The molecule has 3 aliphatic rings. The summed E-state index contributed by atoms with van der Waals surface area (Å²) in [7, 11) is 0. The summed E-state index contributed by atoms with van der Waals surface area (Å²) in [6.07, 6.45) is 0.667. The molecule has 0 radical (unpaired) electrons. The molecule has 0 spiro atoms. The number of benzene rings is 1. The van der Waals surface area contributed by atoms with Crippen LogP contribution in [0.5, 0.6) is 0 Å². The third-order valence-corrected chi connectivity index (χ3v) is 6.01. The highest BCUT2D eigenvalue weighted by Gasteiger charge is 2.39. The fraction of sp³-hybridized carbons (Fsp3) is 0.550. The van der Waals surface area contributed by atoms with Crippen molar-refractivity contribution in [3.05, 3.63) is 34.9 Å². The molecule has 3 aliphatic heterocycles. The van der Waals surface area contributed by atoms with E-state index in [2.05, 4.69) is 29.8 Å². The Labute approximate surface area is 158 Å². The van der Waals surface area contributed by atoms with Crippen LogP contribution < -0.4 is 16.0 Å². The molecule has 2 fully saturated rings. The minimum absolute atomic E-state index is 0.126. The third-order valence-electron chi connectivity index (χ3n) is 6.01. The fourth-order valence-corrected chi connectivity index (χ4v) is 4.10. The molecule has 144 valence electrons. The minimum atomic E-state index is -0.559. The summed E-state index contributed by atoms with van der Waals surface area (Å²) in [5, 5.41) is 9.26. The van der Waals surface area contributed by atoms with Crippen LogP contribution in [0.4, 0.5) is 0 Å². The Bertz CT molecular complexity index is 804. The number of nitrogens with one attached hydrogen (secondary N) is 3. The van der Waals surface area contributed by atoms with Gasteiger partial charge in [0.05, 0.1) is 0 Å². The Kier molecular flexibility index (Phi) is 4.52. The van der Waals surface area contributed by atoms with Crippen molar-refractivity contribution < 1.29 is 14.4 Å². The zero-order chi connectivity index (χ0) is 19.2. The van der Waals surface area contributed by atoms with Crippen LogP contribution in [0, 0.1) is 5.41 Å². The number of fused-ring (bicyclic) bond motifs is 1. The molecule has 4 rings (SSSR count). The van der Waals surface area contributed by atoms with Gasteiger partial charge in [-0.15, -0.1) is 0 Å². The van der Waals surface area contributed by atoms with Gasteiger partial charge in [-0.05, 0) is 29.0 Å². The van der Waals surface area contributed by atoms with E-state index in [0.29, 0.717) is 30.0 Å². The first-order valence-electron chi connectivity index (χ1n) is 9.56. The molecule has 0 aliphatic carbocycles. The van der Waals surface area contributed by atoms with Gasteiger partial charge in [0.15, 0.2) is 0 Å². The number of piperidine rings is 1. The molecular weight excluding hydrogens is 344 g/mol. The molecule has 27 heavy (non-hydrogen) atoms. The smallest absolute Gasteiger partial charge is 0.255 e. The van der Waals surface area contributed by atoms with Gasteiger partial charge in [-0.3, -0.25) is 19.7 Å². The molecule has 2 atom stereocenters. The standard InChI is InChI=1S/C20H26N4O3/c1-20(2)11-22-16(20)9-21-8-12-3-4-14-13(7-12)10-24(19(14)27)15-5-6-17(25)23-18(15)26/h3-4,7,15-16,21-22H,5-6,8-11H2,1-2H3,(H,23,25,26). The van der Waals surface area contributed by atoms with Gasteiger partial charge in [0.1, 0.15) is 6.04 Å². The molecule has 3 N–H and O–H groups in total. The average molecular weight is 370 g/mol. The first kappa shape index (κ1) is 18.1. The number of imide groups is 1. The van der Waals surface area contributed by atoms with E-state index in [1.54, 1.807) is 4.90 Å². The molecule has 7 nitrogen and oxygen atoms in total. The number of carbonyl (C=O) groups is 3. The third kappa shape index (κ3) is 3.37. The van der Waals surface area contributed by atoms with Gasteiger partial charge in [-0.25, -0.2) is 0 Å². The van der Waals surface area contributed by atoms with E-state index < -0.39 is 6.04 Å². The highest BCUT2D eigenvalue weighted by atomic mass is 16.2. The van der Waals surface area contributed by atoms with E-state index in [0.717, 1.165) is 30.8 Å². The zero-order valence-electron chi connectivity index (χ0n) is 15.8. The highest BCUT2D eigenvalue weighted by molar-refractivity contribution is 6.05. The van der Waals surface area contributed by atoms with E-state index in [1.165, 1.54) is 0 Å². The first-order chi connectivity index (χ1) is 12.8. The van der Waals surface area contributed by atoms with Crippen molar-refractivity contribution in [2.75, 3.05) is 13.1 Å². The molecule has 7 heteroatoms. The van der Waals surface area contributed by atoms with Crippen LogP contribution in [0.3, 0.4) is 0 Å². The molecule has 3 amide bonds. The Morgan fingerprint density at radius 2 is 2.07 bits per heavy atom. The SMILES string of the molecule is CC1(C)CNC1CNCc1ccc2c(c1)CN(C1CCC(=O)NC1=O)C2=O. The van der Waals surface area contributed by atoms with Crippen LogP contribution in [0.1, 0.15) is 48.2 Å². The van der Waals surface area contributed by atoms with Crippen LogP contribution in [-0.4, -0.2) is 47.8 Å². The lowest BCUT2D eigenvalue weighted by Crippen LogP contribution is -2.62. The minimum Gasteiger partial charge on any atom is -0.322 e. The lowest BCUT2D eigenvalue weighted by Gasteiger charge is -2.45. The maximum Gasteiger partial charge on any atom is 0.255 e. The first-order valence-corrected chi connectivity index (χ1v) is 9.56. The van der Waals surface area contributed by atoms with Gasteiger partial charge in [0.2, 0.25) is 11.8 Å². The lowest BCUT2D eigenvalue weighted by molar-refractivity contribution is -0.136. The van der Waals surface area contributed by atoms with Gasteiger partial charge < -0.3 is 15.5 Å². The van der Waals surface area contributed by atoms with E-state index in [4.69, 9.17) is 0 Å². The maximum absolute atomic E-state index is 12.7. The number of nitrogens with zero attached hydrogens (tertiary/aromatic N) is 1. The zero-order valence-corrected chi connectivity index (χ0v) is 15.8. The summed E-state index contributed by atoms with van der Waals surface area (Å²) in [6, 6.07) is 5.79. The van der Waals surface area contributed by atoms with Crippen LogP contribution in [-0.2, 0) is 22.7 Å². The topological polar surface area (TPSA) is 90.5 Å². The van der Waals surface area contributed by atoms with Gasteiger partial charge in [0.25, 0.3) is 5.91 Å². The van der Waals surface area contributed by atoms with Crippen LogP contribution >= 0.6 is 0 Å².